The van der Waals surface area contributed by atoms with E-state index in [4.69, 9.17) is 9.73 Å². The fourth-order valence-corrected chi connectivity index (χ4v) is 3.45. The molecule has 2 heterocycles. The molecular weight excluding hydrogens is 379 g/mol. The number of aliphatic imine (C=N–C) groups is 2. The molecule has 1 saturated heterocycles. The highest BCUT2D eigenvalue weighted by molar-refractivity contribution is 6.05. The SMILES string of the molecule is C=Nc1c(OC)cc(-c2ccc(F)cc2)cc1C(=NCc1cccnc1)N1CCC1. The van der Waals surface area contributed by atoms with Gasteiger partial charge in [-0.15, -0.1) is 0 Å². The number of amidine groups is 1. The van der Waals surface area contributed by atoms with Crippen molar-refractivity contribution in [3.8, 4) is 16.9 Å². The molecule has 5 nitrogen and oxygen atoms in total. The summed E-state index contributed by atoms with van der Waals surface area (Å²) in [5, 5.41) is 0. The van der Waals surface area contributed by atoms with Crippen LogP contribution in [0.25, 0.3) is 11.1 Å². The van der Waals surface area contributed by atoms with E-state index in [1.807, 2.05) is 30.5 Å². The summed E-state index contributed by atoms with van der Waals surface area (Å²) in [7, 11) is 1.61. The molecule has 1 aliphatic heterocycles. The number of rotatable bonds is 6. The van der Waals surface area contributed by atoms with Crippen LogP contribution < -0.4 is 4.74 Å². The van der Waals surface area contributed by atoms with E-state index in [0.717, 1.165) is 47.6 Å². The molecule has 0 radical (unpaired) electrons. The van der Waals surface area contributed by atoms with E-state index in [2.05, 4.69) is 21.6 Å². The molecule has 0 N–H and O–H groups in total. The highest BCUT2D eigenvalue weighted by atomic mass is 19.1. The Morgan fingerprint density at radius 1 is 1.17 bits per heavy atom. The van der Waals surface area contributed by atoms with Gasteiger partial charge in [0.25, 0.3) is 0 Å². The first kappa shape index (κ1) is 19.8. The number of hydrogen-bond donors (Lipinski definition) is 0. The average Bonchev–Trinajstić information content (AvgIpc) is 2.75. The molecule has 3 aromatic rings. The van der Waals surface area contributed by atoms with Crippen molar-refractivity contribution in [3.63, 3.8) is 0 Å². The zero-order valence-corrected chi connectivity index (χ0v) is 16.9. The van der Waals surface area contributed by atoms with Crippen molar-refractivity contribution in [2.45, 2.75) is 13.0 Å². The molecule has 0 saturated carbocycles. The van der Waals surface area contributed by atoms with Gasteiger partial charge in [-0.3, -0.25) is 15.0 Å². The third-order valence-electron chi connectivity index (χ3n) is 5.16. The number of aromatic nitrogens is 1. The minimum Gasteiger partial charge on any atom is -0.494 e. The van der Waals surface area contributed by atoms with E-state index in [0.29, 0.717) is 18.0 Å². The van der Waals surface area contributed by atoms with Crippen molar-refractivity contribution < 1.29 is 9.13 Å². The molecule has 0 atom stereocenters. The predicted molar refractivity (Wildman–Crippen MR) is 118 cm³/mol. The van der Waals surface area contributed by atoms with Crippen LogP contribution >= 0.6 is 0 Å². The Labute approximate surface area is 175 Å². The molecule has 30 heavy (non-hydrogen) atoms. The summed E-state index contributed by atoms with van der Waals surface area (Å²) in [6, 6.07) is 14.3. The molecular formula is C24H23FN4O. The minimum absolute atomic E-state index is 0.269. The molecule has 152 valence electrons. The molecule has 0 aliphatic carbocycles. The average molecular weight is 402 g/mol. The lowest BCUT2D eigenvalue weighted by atomic mass is 9.99. The predicted octanol–water partition coefficient (Wildman–Crippen LogP) is 4.88. The van der Waals surface area contributed by atoms with Gasteiger partial charge in [0.05, 0.1) is 13.7 Å². The smallest absolute Gasteiger partial charge is 0.145 e. The van der Waals surface area contributed by atoms with Crippen molar-refractivity contribution >= 4 is 18.2 Å². The number of hydrogen-bond acceptors (Lipinski definition) is 4. The highest BCUT2D eigenvalue weighted by Gasteiger charge is 2.24. The van der Waals surface area contributed by atoms with Gasteiger partial charge >= 0.3 is 0 Å². The van der Waals surface area contributed by atoms with Crippen LogP contribution in [0.15, 0.2) is 70.9 Å². The quantitative estimate of drug-likeness (QED) is 0.436. The minimum atomic E-state index is -0.269. The molecule has 4 rings (SSSR count). The van der Waals surface area contributed by atoms with Gasteiger partial charge in [0.1, 0.15) is 23.1 Å². The van der Waals surface area contributed by atoms with E-state index >= 15 is 0 Å². The maximum Gasteiger partial charge on any atom is 0.145 e. The number of likely N-dealkylation sites (tertiary alicyclic amines) is 1. The summed E-state index contributed by atoms with van der Waals surface area (Å²) in [4.78, 5) is 15.6. The van der Waals surface area contributed by atoms with E-state index < -0.39 is 0 Å². The molecule has 0 unspecified atom stereocenters. The van der Waals surface area contributed by atoms with Crippen LogP contribution in [0.2, 0.25) is 0 Å². The summed E-state index contributed by atoms with van der Waals surface area (Å²) in [5.41, 5.74) is 4.34. The Morgan fingerprint density at radius 2 is 1.97 bits per heavy atom. The van der Waals surface area contributed by atoms with Gasteiger partial charge in [-0.1, -0.05) is 18.2 Å². The second-order valence-corrected chi connectivity index (χ2v) is 7.08. The van der Waals surface area contributed by atoms with Crippen molar-refractivity contribution in [2.24, 2.45) is 9.98 Å². The fourth-order valence-electron chi connectivity index (χ4n) is 3.45. The van der Waals surface area contributed by atoms with E-state index in [9.17, 15) is 4.39 Å². The summed E-state index contributed by atoms with van der Waals surface area (Å²) < 4.78 is 19.0. The lowest BCUT2D eigenvalue weighted by Gasteiger charge is -2.35. The van der Waals surface area contributed by atoms with E-state index in [-0.39, 0.29) is 5.82 Å². The molecule has 0 spiro atoms. The third-order valence-corrected chi connectivity index (χ3v) is 5.16. The highest BCUT2D eigenvalue weighted by Crippen LogP contribution is 2.38. The third kappa shape index (κ3) is 4.08. The molecule has 6 heteroatoms. The first-order valence-electron chi connectivity index (χ1n) is 9.83. The van der Waals surface area contributed by atoms with Gasteiger partial charge in [0, 0.05) is 31.0 Å². The van der Waals surface area contributed by atoms with Gasteiger partial charge in [0.2, 0.25) is 0 Å². The zero-order chi connectivity index (χ0) is 20.9. The number of methoxy groups -OCH3 is 1. The van der Waals surface area contributed by atoms with E-state index in [1.54, 1.807) is 25.4 Å². The lowest BCUT2D eigenvalue weighted by molar-refractivity contribution is 0.299. The summed E-state index contributed by atoms with van der Waals surface area (Å²) >= 11 is 0. The maximum absolute atomic E-state index is 13.4. The first-order chi connectivity index (χ1) is 14.7. The summed E-state index contributed by atoms with van der Waals surface area (Å²) in [6.45, 7) is 6.14. The number of halogens is 1. The molecule has 1 fully saturated rings. The second kappa shape index (κ2) is 8.86. The summed E-state index contributed by atoms with van der Waals surface area (Å²) in [6.07, 6.45) is 4.69. The monoisotopic (exact) mass is 402 g/mol. The molecule has 0 amide bonds. The Balaban J connectivity index is 1.83. The van der Waals surface area contributed by atoms with Gasteiger partial charge in [-0.2, -0.15) is 0 Å². The molecule has 1 aliphatic rings. The van der Waals surface area contributed by atoms with Gasteiger partial charge in [-0.05, 0) is 60.2 Å². The van der Waals surface area contributed by atoms with Gasteiger partial charge in [0.15, 0.2) is 0 Å². The molecule has 0 bridgehead atoms. The lowest BCUT2D eigenvalue weighted by Crippen LogP contribution is -2.42. The van der Waals surface area contributed by atoms with Crippen LogP contribution in [0, 0.1) is 5.82 Å². The van der Waals surface area contributed by atoms with Crippen molar-refractivity contribution in [2.75, 3.05) is 20.2 Å². The van der Waals surface area contributed by atoms with Crippen LogP contribution in [0.4, 0.5) is 10.1 Å². The Morgan fingerprint density at radius 3 is 2.57 bits per heavy atom. The largest absolute Gasteiger partial charge is 0.494 e. The number of ether oxygens (including phenoxy) is 1. The van der Waals surface area contributed by atoms with Crippen molar-refractivity contribution in [1.29, 1.82) is 0 Å². The second-order valence-electron chi connectivity index (χ2n) is 7.08. The van der Waals surface area contributed by atoms with E-state index in [1.165, 1.54) is 12.1 Å². The topological polar surface area (TPSA) is 50.1 Å². The maximum atomic E-state index is 13.4. The summed E-state index contributed by atoms with van der Waals surface area (Å²) in [5.74, 6) is 1.20. The Hall–Kier alpha value is -3.54. The molecule has 2 aromatic carbocycles. The van der Waals surface area contributed by atoms with Gasteiger partial charge in [-0.25, -0.2) is 4.39 Å². The van der Waals surface area contributed by atoms with Crippen LogP contribution in [-0.2, 0) is 6.54 Å². The van der Waals surface area contributed by atoms with Crippen LogP contribution in [-0.4, -0.2) is 42.6 Å². The van der Waals surface area contributed by atoms with Crippen molar-refractivity contribution in [1.82, 2.24) is 9.88 Å². The molecule has 1 aromatic heterocycles. The first-order valence-corrected chi connectivity index (χ1v) is 9.83. The van der Waals surface area contributed by atoms with Crippen LogP contribution in [0.3, 0.4) is 0 Å². The Kier molecular flexibility index (Phi) is 5.84. The van der Waals surface area contributed by atoms with Crippen LogP contribution in [0.1, 0.15) is 17.5 Å². The standard InChI is InChI=1S/C24H23FN4O/c1-26-23-21(13-19(14-22(23)30-2)18-6-8-20(25)9-7-18)24(29-11-4-12-29)28-16-17-5-3-10-27-15-17/h3,5-10,13-15H,1,4,11-12,16H2,2H3. The number of nitrogens with zero attached hydrogens (tertiary/aromatic N) is 4. The normalized spacial score (nSPS) is 13.7. The fraction of sp³-hybridized carbons (Fsp3) is 0.208. The number of benzene rings is 2. The zero-order valence-electron chi connectivity index (χ0n) is 16.9. The Bertz CT molecular complexity index is 1060. The van der Waals surface area contributed by atoms with Gasteiger partial charge < -0.3 is 9.64 Å². The van der Waals surface area contributed by atoms with Crippen LogP contribution in [0.5, 0.6) is 5.75 Å². The van der Waals surface area contributed by atoms with Crippen molar-refractivity contribution in [3.05, 3.63) is 77.9 Å². The number of pyridine rings is 1.